The van der Waals surface area contributed by atoms with Gasteiger partial charge in [0.15, 0.2) is 0 Å². The lowest BCUT2D eigenvalue weighted by molar-refractivity contribution is 0.0528. The molecule has 0 bridgehead atoms. The average Bonchev–Trinajstić information content (AvgIpc) is 2.69. The Kier molecular flexibility index (Phi) is 2.96. The Labute approximate surface area is 99.7 Å². The van der Waals surface area contributed by atoms with Gasteiger partial charge >= 0.3 is 5.97 Å². The molecule has 0 spiro atoms. The van der Waals surface area contributed by atoms with E-state index in [1.54, 1.807) is 13.0 Å². The summed E-state index contributed by atoms with van der Waals surface area (Å²) in [5, 5.41) is 0.257. The smallest absolute Gasteiger partial charge is 0.340 e. The van der Waals surface area contributed by atoms with Crippen LogP contribution in [0.1, 0.15) is 17.3 Å². The summed E-state index contributed by atoms with van der Waals surface area (Å²) in [6.45, 7) is 1.97. The van der Waals surface area contributed by atoms with Gasteiger partial charge in [0.2, 0.25) is 0 Å². The number of nitrogens with one attached hydrogen (secondary N) is 1. The second-order valence-corrected chi connectivity index (χ2v) is 4.06. The summed E-state index contributed by atoms with van der Waals surface area (Å²) < 4.78 is 19.2. The molecule has 0 amide bonds. The number of ether oxygens (including phenoxy) is 1. The number of carbonyl (C=O) groups is 1. The van der Waals surface area contributed by atoms with Gasteiger partial charge in [0.1, 0.15) is 5.82 Å². The first kappa shape index (κ1) is 11.1. The summed E-state index contributed by atoms with van der Waals surface area (Å²) in [7, 11) is 0. The van der Waals surface area contributed by atoms with Crippen LogP contribution in [0.15, 0.2) is 22.8 Å². The second-order valence-electron chi connectivity index (χ2n) is 3.20. The molecule has 0 fully saturated rings. The third kappa shape index (κ3) is 1.71. The molecule has 16 heavy (non-hydrogen) atoms. The number of halogens is 2. The zero-order chi connectivity index (χ0) is 11.7. The van der Waals surface area contributed by atoms with Gasteiger partial charge in [-0.2, -0.15) is 0 Å². The maximum absolute atomic E-state index is 13.6. The summed E-state index contributed by atoms with van der Waals surface area (Å²) in [4.78, 5) is 14.4. The van der Waals surface area contributed by atoms with Gasteiger partial charge in [-0.3, -0.25) is 0 Å². The largest absolute Gasteiger partial charge is 0.462 e. The highest BCUT2D eigenvalue weighted by Crippen LogP contribution is 2.28. The SMILES string of the molecule is CCOC(=O)c1c[nH]c2c(Br)ccc(F)c12. The van der Waals surface area contributed by atoms with Gasteiger partial charge in [-0.15, -0.1) is 0 Å². The molecule has 84 valence electrons. The normalized spacial score (nSPS) is 10.7. The Morgan fingerprint density at radius 3 is 3.00 bits per heavy atom. The van der Waals surface area contributed by atoms with Crippen molar-refractivity contribution in [3.63, 3.8) is 0 Å². The molecule has 2 aromatic rings. The number of aromatic nitrogens is 1. The van der Waals surface area contributed by atoms with Crippen molar-refractivity contribution < 1.29 is 13.9 Å². The molecular formula is C11H9BrFNO2. The molecular weight excluding hydrogens is 277 g/mol. The molecule has 3 nitrogen and oxygen atoms in total. The number of esters is 1. The first-order valence-corrected chi connectivity index (χ1v) is 5.56. The fraction of sp³-hybridized carbons (Fsp3) is 0.182. The van der Waals surface area contributed by atoms with Crippen molar-refractivity contribution in [1.82, 2.24) is 4.98 Å². The number of aromatic amines is 1. The minimum absolute atomic E-state index is 0.218. The third-order valence-electron chi connectivity index (χ3n) is 2.23. The van der Waals surface area contributed by atoms with E-state index in [2.05, 4.69) is 20.9 Å². The predicted octanol–water partition coefficient (Wildman–Crippen LogP) is 3.25. The van der Waals surface area contributed by atoms with E-state index < -0.39 is 11.8 Å². The minimum Gasteiger partial charge on any atom is -0.462 e. The van der Waals surface area contributed by atoms with E-state index in [4.69, 9.17) is 4.74 Å². The molecule has 0 saturated heterocycles. The van der Waals surface area contributed by atoms with Gasteiger partial charge in [-0.1, -0.05) is 0 Å². The van der Waals surface area contributed by atoms with Crippen LogP contribution in [-0.4, -0.2) is 17.6 Å². The van der Waals surface area contributed by atoms with Gasteiger partial charge < -0.3 is 9.72 Å². The van der Waals surface area contributed by atoms with Crippen molar-refractivity contribution in [3.05, 3.63) is 34.2 Å². The van der Waals surface area contributed by atoms with Crippen LogP contribution in [-0.2, 0) is 4.74 Å². The average molecular weight is 286 g/mol. The van der Waals surface area contributed by atoms with Crippen LogP contribution in [0.5, 0.6) is 0 Å². The molecule has 2 rings (SSSR count). The minimum atomic E-state index is -0.522. The topological polar surface area (TPSA) is 42.1 Å². The summed E-state index contributed by atoms with van der Waals surface area (Å²) in [6.07, 6.45) is 1.45. The number of rotatable bonds is 2. The zero-order valence-corrected chi connectivity index (χ0v) is 10.1. The van der Waals surface area contributed by atoms with Crippen LogP contribution in [0.4, 0.5) is 4.39 Å². The first-order chi connectivity index (χ1) is 7.65. The molecule has 1 N–H and O–H groups in total. The van der Waals surface area contributed by atoms with E-state index in [-0.39, 0.29) is 17.6 Å². The Bertz CT molecular complexity index is 550. The lowest BCUT2D eigenvalue weighted by Crippen LogP contribution is -2.04. The van der Waals surface area contributed by atoms with E-state index >= 15 is 0 Å². The van der Waals surface area contributed by atoms with Crippen LogP contribution in [0.2, 0.25) is 0 Å². The lowest BCUT2D eigenvalue weighted by Gasteiger charge is -2.01. The van der Waals surface area contributed by atoms with Crippen molar-refractivity contribution in [1.29, 1.82) is 0 Å². The van der Waals surface area contributed by atoms with Crippen molar-refractivity contribution in [2.45, 2.75) is 6.92 Å². The fourth-order valence-corrected chi connectivity index (χ4v) is 1.99. The van der Waals surface area contributed by atoms with Crippen molar-refractivity contribution in [2.75, 3.05) is 6.61 Å². The van der Waals surface area contributed by atoms with Gasteiger partial charge in [-0.25, -0.2) is 9.18 Å². The molecule has 0 unspecified atom stereocenters. The molecule has 1 aromatic heterocycles. The molecule has 5 heteroatoms. The molecule has 0 atom stereocenters. The fourth-order valence-electron chi connectivity index (χ4n) is 1.54. The highest BCUT2D eigenvalue weighted by Gasteiger charge is 2.17. The zero-order valence-electron chi connectivity index (χ0n) is 8.51. The summed E-state index contributed by atoms with van der Waals surface area (Å²) >= 11 is 3.28. The Morgan fingerprint density at radius 2 is 2.31 bits per heavy atom. The second kappa shape index (κ2) is 4.25. The van der Waals surface area contributed by atoms with Gasteiger partial charge in [0.05, 0.1) is 23.1 Å². The monoisotopic (exact) mass is 285 g/mol. The van der Waals surface area contributed by atoms with E-state index in [1.165, 1.54) is 12.3 Å². The Balaban J connectivity index is 2.64. The number of hydrogen-bond donors (Lipinski definition) is 1. The molecule has 1 heterocycles. The highest BCUT2D eigenvalue weighted by molar-refractivity contribution is 9.10. The number of benzene rings is 1. The van der Waals surface area contributed by atoms with Crippen LogP contribution in [0, 0.1) is 5.82 Å². The van der Waals surface area contributed by atoms with E-state index in [0.717, 1.165) is 0 Å². The molecule has 0 saturated carbocycles. The summed E-state index contributed by atoms with van der Waals surface area (Å²) in [5.41, 5.74) is 0.777. The summed E-state index contributed by atoms with van der Waals surface area (Å²) in [5.74, 6) is -0.965. The van der Waals surface area contributed by atoms with Gasteiger partial charge in [-0.05, 0) is 35.0 Å². The summed E-state index contributed by atoms with van der Waals surface area (Å²) in [6, 6.07) is 2.89. The van der Waals surface area contributed by atoms with E-state index in [0.29, 0.717) is 9.99 Å². The van der Waals surface area contributed by atoms with Crippen LogP contribution in [0.3, 0.4) is 0 Å². The van der Waals surface area contributed by atoms with Crippen LogP contribution in [0.25, 0.3) is 10.9 Å². The van der Waals surface area contributed by atoms with E-state index in [1.807, 2.05) is 0 Å². The predicted molar refractivity (Wildman–Crippen MR) is 61.9 cm³/mol. The third-order valence-corrected chi connectivity index (χ3v) is 2.89. The number of fused-ring (bicyclic) bond motifs is 1. The van der Waals surface area contributed by atoms with Crippen molar-refractivity contribution in [2.24, 2.45) is 0 Å². The van der Waals surface area contributed by atoms with Gasteiger partial charge in [0.25, 0.3) is 0 Å². The number of carbonyl (C=O) groups excluding carboxylic acids is 1. The van der Waals surface area contributed by atoms with Crippen LogP contribution < -0.4 is 0 Å². The molecule has 1 aromatic carbocycles. The van der Waals surface area contributed by atoms with E-state index in [9.17, 15) is 9.18 Å². The molecule has 0 radical (unpaired) electrons. The standard InChI is InChI=1S/C11H9BrFNO2/c1-2-16-11(15)6-5-14-10-7(12)3-4-8(13)9(6)10/h3-5,14H,2H2,1H3. The lowest BCUT2D eigenvalue weighted by atomic mass is 10.1. The maximum atomic E-state index is 13.6. The maximum Gasteiger partial charge on any atom is 0.340 e. The first-order valence-electron chi connectivity index (χ1n) is 4.77. The Morgan fingerprint density at radius 1 is 1.56 bits per heavy atom. The van der Waals surface area contributed by atoms with Crippen LogP contribution >= 0.6 is 15.9 Å². The van der Waals surface area contributed by atoms with Crippen molar-refractivity contribution in [3.8, 4) is 0 Å². The van der Waals surface area contributed by atoms with Crippen molar-refractivity contribution >= 4 is 32.8 Å². The highest BCUT2D eigenvalue weighted by atomic mass is 79.9. The number of hydrogen-bond acceptors (Lipinski definition) is 2. The number of H-pyrrole nitrogens is 1. The molecule has 0 aliphatic heterocycles. The Hall–Kier alpha value is -1.36. The quantitative estimate of drug-likeness (QED) is 0.861. The molecule has 0 aliphatic rings. The molecule has 0 aliphatic carbocycles. The van der Waals surface area contributed by atoms with Gasteiger partial charge in [0, 0.05) is 10.7 Å².